The second kappa shape index (κ2) is 36.2. The molecule has 6 aliphatic rings. The standard InChI is InChI=1S/C26H26Cl2FN5O2S.C26H25Cl2FN4OS.C25H24Cl2FN5OS/c27-19-3-6-23(22(28)14-19)34-25-18(13-17-1-4-20(29)5-2-17)15-37-16-21(25)24(30-34)26(36)31-33-9-7-32(8-10-33)11-12-35;27-19-7-10-23(22(28)14-19)33-25-18(13-17-5-8-20(29)9-6-17)15-35-16-21(25)24(30-33)26(34)31-32-11-3-1-2-4-12-32;1-31-8-10-32(11-9-31)30-25(34)23-20-15-35-14-17(12-16-2-5-19(28)6-3-16)24(20)33(29-23)22-7-4-18(26)13-21(22)27/h1-6,13-14,35H,7-12,15-16H2,(H,31,36);5-10,13-14H,1-4,11-12,15-16H2,(H,31,34);2-7,12-13H,8-11,14-15H2,1H3,(H,30,34)/b2*18-13+;17-12+. The van der Waals surface area contributed by atoms with Crippen LogP contribution in [0.2, 0.25) is 30.1 Å². The van der Waals surface area contributed by atoms with Gasteiger partial charge in [0, 0.05) is 138 Å². The highest BCUT2D eigenvalue weighted by atomic mass is 35.5. The number of hydrogen-bond donors (Lipinski definition) is 4. The summed E-state index contributed by atoms with van der Waals surface area (Å²) < 4.78 is 45.6. The summed E-state index contributed by atoms with van der Waals surface area (Å²) in [4.78, 5) is 44.7. The van der Waals surface area contributed by atoms with Gasteiger partial charge in [-0.15, -0.1) is 0 Å². The summed E-state index contributed by atoms with van der Waals surface area (Å²) in [6.07, 6.45) is 10.5. The molecule has 558 valence electrons. The molecule has 0 bridgehead atoms. The number of carbonyl (C=O) groups excluding carboxylic acids is 3. The van der Waals surface area contributed by atoms with E-state index in [9.17, 15) is 32.7 Å². The normalized spacial score (nSPS) is 17.8. The van der Waals surface area contributed by atoms with E-state index < -0.39 is 0 Å². The smallest absolute Gasteiger partial charge is 0.286 e. The zero-order valence-electron chi connectivity index (χ0n) is 58.1. The van der Waals surface area contributed by atoms with E-state index in [0.29, 0.717) is 107 Å². The second-order valence-electron chi connectivity index (χ2n) is 26.3. The highest BCUT2D eigenvalue weighted by Crippen LogP contribution is 2.43. The Bertz CT molecular complexity index is 4830. The molecule has 3 amide bonds. The molecule has 9 aromatic rings. The van der Waals surface area contributed by atoms with Crippen molar-refractivity contribution >= 4 is 158 Å². The molecular weight excluding hydrogens is 1550 g/mol. The number of nitrogens with one attached hydrogen (secondary N) is 3. The molecule has 0 radical (unpaired) electrons. The van der Waals surface area contributed by atoms with Crippen molar-refractivity contribution in [1.82, 2.24) is 70.4 Å². The Kier molecular flexibility index (Phi) is 26.4. The van der Waals surface area contributed by atoms with Gasteiger partial charge in [-0.2, -0.15) is 50.6 Å². The third kappa shape index (κ3) is 19.2. The molecule has 4 N–H and O–H groups in total. The van der Waals surface area contributed by atoms with Crippen LogP contribution in [0.3, 0.4) is 0 Å². The first kappa shape index (κ1) is 78.1. The minimum Gasteiger partial charge on any atom is -0.395 e. The van der Waals surface area contributed by atoms with Gasteiger partial charge in [-0.3, -0.25) is 35.6 Å². The van der Waals surface area contributed by atoms with Crippen LogP contribution in [0.15, 0.2) is 127 Å². The molecule has 0 saturated carbocycles. The Labute approximate surface area is 661 Å². The average Bonchev–Trinajstić information content (AvgIpc) is 1.63. The maximum atomic E-state index is 13.5. The topological polar surface area (TPSA) is 177 Å². The number of carbonyl (C=O) groups is 3. The van der Waals surface area contributed by atoms with Crippen molar-refractivity contribution in [2.75, 3.05) is 103 Å². The fraction of sp³-hybridized carbons (Fsp3) is 0.299. The number of β-amino-alcohol motifs (C(OH)–C–C–N with tert-alkyl or cyclic N) is 1. The Hall–Kier alpha value is -7.08. The van der Waals surface area contributed by atoms with E-state index in [2.05, 4.69) is 33.1 Å². The van der Waals surface area contributed by atoms with Crippen molar-refractivity contribution in [2.45, 2.75) is 42.9 Å². The number of halogens is 9. The molecule has 6 aliphatic heterocycles. The summed E-state index contributed by atoms with van der Waals surface area (Å²) in [6, 6.07) is 34.6. The maximum absolute atomic E-state index is 13.5. The first-order valence-corrected chi connectivity index (χ1v) is 40.6. The molecule has 15 rings (SSSR count). The van der Waals surface area contributed by atoms with Gasteiger partial charge < -0.3 is 10.0 Å². The van der Waals surface area contributed by atoms with Crippen LogP contribution in [0.25, 0.3) is 52.0 Å². The SMILES string of the molecule is CN1CCN(NC(=O)c2nn(-c3ccc(Cl)cc3Cl)c3c2CSC/C3=C\c2ccc(F)cc2)CC1.O=C(NN1CCCCCC1)c1nn(-c2ccc(Cl)cc2Cl)c2c1CSC/C2=C\c1ccc(F)cc1.O=C(NN1CCN(CCO)CC1)c1nn(-c2ccc(Cl)cc2Cl)c2c1CSC/C2=C\c1ccc(F)cc1. The van der Waals surface area contributed by atoms with Crippen molar-refractivity contribution in [3.05, 3.63) is 243 Å². The van der Waals surface area contributed by atoms with Gasteiger partial charge in [0.2, 0.25) is 0 Å². The maximum Gasteiger partial charge on any atom is 0.286 e. The van der Waals surface area contributed by atoms with Crippen molar-refractivity contribution < 1.29 is 32.7 Å². The van der Waals surface area contributed by atoms with E-state index in [1.54, 1.807) is 134 Å². The Balaban J connectivity index is 0.000000142. The van der Waals surface area contributed by atoms with Gasteiger partial charge in [-0.1, -0.05) is 119 Å². The third-order valence-corrected chi connectivity index (χ3v) is 23.4. The predicted octanol–water partition coefficient (Wildman–Crippen LogP) is 16.0. The molecule has 3 aromatic heterocycles. The van der Waals surface area contributed by atoms with E-state index >= 15 is 0 Å². The number of benzene rings is 6. The lowest BCUT2D eigenvalue weighted by Gasteiger charge is -2.34. The number of fused-ring (bicyclic) bond motifs is 3. The number of aliphatic hydroxyl groups is 1. The molecule has 3 saturated heterocycles. The van der Waals surface area contributed by atoms with Crippen LogP contribution in [0.5, 0.6) is 0 Å². The van der Waals surface area contributed by atoms with Crippen molar-refractivity contribution in [1.29, 1.82) is 0 Å². The number of amides is 3. The summed E-state index contributed by atoms with van der Waals surface area (Å²) in [5, 5.41) is 32.2. The number of aliphatic hydroxyl groups excluding tert-OH is 1. The van der Waals surface area contributed by atoms with Gasteiger partial charge >= 0.3 is 0 Å². The predicted molar refractivity (Wildman–Crippen MR) is 429 cm³/mol. The van der Waals surface area contributed by atoms with Crippen LogP contribution in [0, 0.1) is 17.5 Å². The highest BCUT2D eigenvalue weighted by molar-refractivity contribution is 7.99. The van der Waals surface area contributed by atoms with Gasteiger partial charge in [0.15, 0.2) is 17.1 Å². The number of hydrazine groups is 3. The van der Waals surface area contributed by atoms with Gasteiger partial charge in [0.1, 0.15) is 17.5 Å². The minimum absolute atomic E-state index is 0.120. The van der Waals surface area contributed by atoms with E-state index in [0.717, 1.165) is 144 Å². The lowest BCUT2D eigenvalue weighted by molar-refractivity contribution is 0.0575. The molecule has 6 aromatic carbocycles. The van der Waals surface area contributed by atoms with E-state index in [-0.39, 0.29) is 41.8 Å². The van der Waals surface area contributed by atoms with Gasteiger partial charge in [0.25, 0.3) is 17.7 Å². The van der Waals surface area contributed by atoms with Crippen LogP contribution in [0.4, 0.5) is 13.2 Å². The summed E-state index contributed by atoms with van der Waals surface area (Å²) in [5.74, 6) is 2.49. The molecule has 0 unspecified atom stereocenters. The quantitative estimate of drug-likeness (QED) is 0.0808. The van der Waals surface area contributed by atoms with Crippen molar-refractivity contribution in [2.24, 2.45) is 0 Å². The first-order valence-electron chi connectivity index (χ1n) is 34.9. The first-order chi connectivity index (χ1) is 51.8. The zero-order chi connectivity index (χ0) is 74.8. The van der Waals surface area contributed by atoms with Crippen LogP contribution in [0.1, 0.15) is 108 Å². The molecule has 3 fully saturated rings. The fourth-order valence-corrected chi connectivity index (χ4v) is 17.8. The summed E-state index contributed by atoms with van der Waals surface area (Å²) in [6.45, 7) is 8.51. The zero-order valence-corrected chi connectivity index (χ0v) is 65.1. The lowest BCUT2D eigenvalue weighted by Crippen LogP contribution is -2.54. The van der Waals surface area contributed by atoms with Gasteiger partial charge in [-0.25, -0.2) is 42.2 Å². The van der Waals surface area contributed by atoms with Crippen LogP contribution < -0.4 is 16.3 Å². The molecule has 0 atom stereocenters. The second-order valence-corrected chi connectivity index (χ2v) is 31.7. The molecule has 0 aliphatic carbocycles. The van der Waals surface area contributed by atoms with Crippen LogP contribution >= 0.6 is 105 Å². The molecule has 107 heavy (non-hydrogen) atoms. The third-order valence-electron chi connectivity index (χ3n) is 18.7. The number of thioether (sulfide) groups is 3. The van der Waals surface area contributed by atoms with E-state index in [4.69, 9.17) is 84.9 Å². The molecule has 18 nitrogen and oxygen atoms in total. The van der Waals surface area contributed by atoms with E-state index in [1.807, 2.05) is 39.3 Å². The highest BCUT2D eigenvalue weighted by Gasteiger charge is 2.35. The molecule has 0 spiro atoms. The van der Waals surface area contributed by atoms with Crippen LogP contribution in [-0.2, 0) is 17.3 Å². The number of aromatic nitrogens is 6. The molecule has 30 heteroatoms. The minimum atomic E-state index is -0.296. The molecular formula is C77H75Cl6F3N14O4S3. The number of nitrogens with zero attached hydrogens (tertiary/aromatic N) is 11. The number of likely N-dealkylation sites (N-methyl/N-ethyl adjacent to an activating group) is 1. The number of rotatable bonds is 14. The van der Waals surface area contributed by atoms with E-state index in [1.165, 1.54) is 49.2 Å². The summed E-state index contributed by atoms with van der Waals surface area (Å²) in [5.41, 5.74) is 22.7. The van der Waals surface area contributed by atoms with Gasteiger partial charge in [-0.05, 0) is 163 Å². The Morgan fingerprint density at radius 3 is 1.04 bits per heavy atom. The molecule has 9 heterocycles. The van der Waals surface area contributed by atoms with Crippen LogP contribution in [-0.4, -0.2) is 180 Å². The van der Waals surface area contributed by atoms with Crippen molar-refractivity contribution in [3.63, 3.8) is 0 Å². The van der Waals surface area contributed by atoms with Crippen molar-refractivity contribution in [3.8, 4) is 17.1 Å². The monoisotopic (exact) mass is 1620 g/mol. The number of hydrogen-bond acceptors (Lipinski definition) is 15. The number of piperazine rings is 2. The van der Waals surface area contributed by atoms with Gasteiger partial charge in [0.05, 0.1) is 55.8 Å². The average molecular weight is 1630 g/mol. The summed E-state index contributed by atoms with van der Waals surface area (Å²) >= 11 is 43.3. The lowest BCUT2D eigenvalue weighted by atomic mass is 10.0. The summed E-state index contributed by atoms with van der Waals surface area (Å²) in [7, 11) is 2.07. The fourth-order valence-electron chi connectivity index (χ4n) is 13.3. The Morgan fingerprint density at radius 2 is 0.729 bits per heavy atom. The Morgan fingerprint density at radius 1 is 0.421 bits per heavy atom. The largest absolute Gasteiger partial charge is 0.395 e.